The van der Waals surface area contributed by atoms with Crippen LogP contribution < -0.4 is 10.2 Å². The van der Waals surface area contributed by atoms with E-state index in [2.05, 4.69) is 30.4 Å². The number of hydrogen-bond donors (Lipinski definition) is 1. The van der Waals surface area contributed by atoms with Crippen molar-refractivity contribution in [2.24, 2.45) is 7.05 Å². The number of nitrogens with one attached hydrogen (secondary N) is 1. The van der Waals surface area contributed by atoms with Crippen molar-refractivity contribution in [2.75, 3.05) is 36.4 Å². The van der Waals surface area contributed by atoms with Gasteiger partial charge in [0.2, 0.25) is 0 Å². The smallest absolute Gasteiger partial charge is 0.322 e. The molecule has 25 heavy (non-hydrogen) atoms. The summed E-state index contributed by atoms with van der Waals surface area (Å²) < 4.78 is 3.45. The Bertz CT molecular complexity index is 907. The normalized spacial score (nSPS) is 15.0. The van der Waals surface area contributed by atoms with Gasteiger partial charge in [-0.1, -0.05) is 0 Å². The van der Waals surface area contributed by atoms with E-state index in [1.54, 1.807) is 38.9 Å². The first-order valence-corrected chi connectivity index (χ1v) is 8.07. The standard InChI is InChI=1S/C15H19N9O/c1-11-18-13-8-16-9-14(24(13)20-11)22-3-5-23(6-4-22)15(25)19-12-7-17-21(2)10-12/h7-10H,3-6H2,1-2H3,(H,19,25). The lowest BCUT2D eigenvalue weighted by Crippen LogP contribution is -2.50. The van der Waals surface area contributed by atoms with Gasteiger partial charge in [-0.05, 0) is 6.92 Å². The van der Waals surface area contributed by atoms with Crippen LogP contribution in [0.25, 0.3) is 5.65 Å². The number of hydrogen-bond acceptors (Lipinski definition) is 6. The summed E-state index contributed by atoms with van der Waals surface area (Å²) in [5.41, 5.74) is 1.42. The lowest BCUT2D eigenvalue weighted by Gasteiger charge is -2.35. The molecule has 0 radical (unpaired) electrons. The van der Waals surface area contributed by atoms with Crippen LogP contribution in [0.2, 0.25) is 0 Å². The molecule has 2 amide bonds. The Hall–Kier alpha value is -3.17. The molecule has 0 bridgehead atoms. The van der Waals surface area contributed by atoms with Crippen molar-refractivity contribution in [1.29, 1.82) is 0 Å². The first kappa shape index (κ1) is 15.4. The van der Waals surface area contributed by atoms with Crippen LogP contribution in [-0.2, 0) is 7.05 Å². The van der Waals surface area contributed by atoms with Gasteiger partial charge in [-0.3, -0.25) is 9.67 Å². The van der Waals surface area contributed by atoms with Gasteiger partial charge >= 0.3 is 6.03 Å². The van der Waals surface area contributed by atoms with Crippen LogP contribution in [0, 0.1) is 6.92 Å². The monoisotopic (exact) mass is 341 g/mol. The summed E-state index contributed by atoms with van der Waals surface area (Å²) in [6.45, 7) is 4.52. The molecule has 130 valence electrons. The molecule has 1 N–H and O–H groups in total. The maximum Gasteiger partial charge on any atom is 0.322 e. The molecule has 0 aromatic carbocycles. The third kappa shape index (κ3) is 2.97. The van der Waals surface area contributed by atoms with Gasteiger partial charge in [-0.2, -0.15) is 9.61 Å². The maximum atomic E-state index is 12.4. The quantitative estimate of drug-likeness (QED) is 0.730. The fourth-order valence-electron chi connectivity index (χ4n) is 2.95. The summed E-state index contributed by atoms with van der Waals surface area (Å²) in [6, 6.07) is -0.111. The number of carbonyl (C=O) groups excluding carboxylic acids is 1. The van der Waals surface area contributed by atoms with E-state index >= 15 is 0 Å². The predicted octanol–water partition coefficient (Wildman–Crippen LogP) is 0.520. The van der Waals surface area contributed by atoms with Crippen molar-refractivity contribution >= 4 is 23.2 Å². The Balaban J connectivity index is 1.43. The van der Waals surface area contributed by atoms with Crippen molar-refractivity contribution in [3.05, 3.63) is 30.6 Å². The Morgan fingerprint density at radius 3 is 2.68 bits per heavy atom. The van der Waals surface area contributed by atoms with Gasteiger partial charge in [0.1, 0.15) is 5.82 Å². The highest BCUT2D eigenvalue weighted by Crippen LogP contribution is 2.17. The first-order valence-electron chi connectivity index (χ1n) is 8.07. The topological polar surface area (TPSA) is 96.5 Å². The number of carbonyl (C=O) groups is 1. The largest absolute Gasteiger partial charge is 0.352 e. The molecule has 3 aromatic rings. The van der Waals surface area contributed by atoms with E-state index < -0.39 is 0 Å². The molecular weight excluding hydrogens is 322 g/mol. The Labute approximate surface area is 144 Å². The van der Waals surface area contributed by atoms with E-state index in [1.165, 1.54) is 0 Å². The molecular formula is C15H19N9O. The highest BCUT2D eigenvalue weighted by Gasteiger charge is 2.23. The molecule has 0 spiro atoms. The summed E-state index contributed by atoms with van der Waals surface area (Å²) in [5, 5.41) is 11.3. The number of anilines is 2. The Morgan fingerprint density at radius 1 is 1.16 bits per heavy atom. The summed E-state index contributed by atoms with van der Waals surface area (Å²) in [4.78, 5) is 24.9. The second-order valence-electron chi connectivity index (χ2n) is 6.00. The highest BCUT2D eigenvalue weighted by molar-refractivity contribution is 5.89. The number of piperazine rings is 1. The van der Waals surface area contributed by atoms with E-state index in [9.17, 15) is 4.79 Å². The van der Waals surface area contributed by atoms with E-state index in [0.29, 0.717) is 37.7 Å². The van der Waals surface area contributed by atoms with Crippen LogP contribution in [0.15, 0.2) is 24.8 Å². The summed E-state index contributed by atoms with van der Waals surface area (Å²) in [5.74, 6) is 1.61. The third-order valence-electron chi connectivity index (χ3n) is 4.18. The molecule has 1 aliphatic heterocycles. The maximum absolute atomic E-state index is 12.4. The van der Waals surface area contributed by atoms with Crippen LogP contribution >= 0.6 is 0 Å². The van der Waals surface area contributed by atoms with Crippen LogP contribution in [0.1, 0.15) is 5.82 Å². The lowest BCUT2D eigenvalue weighted by molar-refractivity contribution is 0.208. The van der Waals surface area contributed by atoms with Crippen molar-refractivity contribution < 1.29 is 4.79 Å². The van der Waals surface area contributed by atoms with Crippen LogP contribution in [0.3, 0.4) is 0 Å². The van der Waals surface area contributed by atoms with Crippen LogP contribution in [0.4, 0.5) is 16.3 Å². The lowest BCUT2D eigenvalue weighted by atomic mass is 10.3. The van der Waals surface area contributed by atoms with E-state index in [4.69, 9.17) is 0 Å². The molecule has 0 aliphatic carbocycles. The number of aryl methyl sites for hydroxylation is 2. The van der Waals surface area contributed by atoms with Crippen molar-refractivity contribution in [1.82, 2.24) is 34.3 Å². The van der Waals surface area contributed by atoms with E-state index in [0.717, 1.165) is 11.5 Å². The summed E-state index contributed by atoms with van der Waals surface area (Å²) >= 11 is 0. The molecule has 4 rings (SSSR count). The molecule has 1 saturated heterocycles. The number of urea groups is 1. The average Bonchev–Trinajstić information content (AvgIpc) is 3.19. The van der Waals surface area contributed by atoms with Gasteiger partial charge in [-0.15, -0.1) is 5.10 Å². The SMILES string of the molecule is Cc1nc2cncc(N3CCN(C(=O)Nc4cnn(C)c4)CC3)n2n1. The second kappa shape index (κ2) is 6.04. The number of amides is 2. The van der Waals surface area contributed by atoms with E-state index in [1.807, 2.05) is 14.0 Å². The predicted molar refractivity (Wildman–Crippen MR) is 91.5 cm³/mol. The van der Waals surface area contributed by atoms with Gasteiger partial charge in [0.05, 0.1) is 24.3 Å². The molecule has 4 heterocycles. The zero-order chi connectivity index (χ0) is 17.4. The van der Waals surface area contributed by atoms with Gasteiger partial charge in [-0.25, -0.2) is 9.78 Å². The Kier molecular flexibility index (Phi) is 3.71. The molecule has 10 heteroatoms. The number of nitrogens with zero attached hydrogens (tertiary/aromatic N) is 8. The zero-order valence-corrected chi connectivity index (χ0v) is 14.1. The minimum absolute atomic E-state index is 0.111. The number of aromatic nitrogens is 6. The van der Waals surface area contributed by atoms with Gasteiger partial charge in [0, 0.05) is 39.4 Å². The fourth-order valence-corrected chi connectivity index (χ4v) is 2.95. The van der Waals surface area contributed by atoms with Gasteiger partial charge in [0.15, 0.2) is 11.5 Å². The van der Waals surface area contributed by atoms with Crippen molar-refractivity contribution in [2.45, 2.75) is 6.92 Å². The molecule has 0 unspecified atom stereocenters. The van der Waals surface area contributed by atoms with E-state index in [-0.39, 0.29) is 6.03 Å². The minimum Gasteiger partial charge on any atom is -0.352 e. The Morgan fingerprint density at radius 2 is 1.96 bits per heavy atom. The minimum atomic E-state index is -0.111. The zero-order valence-electron chi connectivity index (χ0n) is 14.1. The molecule has 3 aromatic heterocycles. The highest BCUT2D eigenvalue weighted by atomic mass is 16.2. The molecule has 1 fully saturated rings. The number of rotatable bonds is 2. The first-order chi connectivity index (χ1) is 12.1. The van der Waals surface area contributed by atoms with Crippen LogP contribution in [0.5, 0.6) is 0 Å². The van der Waals surface area contributed by atoms with Crippen molar-refractivity contribution in [3.8, 4) is 0 Å². The summed E-state index contributed by atoms with van der Waals surface area (Å²) in [6.07, 6.45) is 6.88. The third-order valence-corrected chi connectivity index (χ3v) is 4.18. The molecule has 0 saturated carbocycles. The molecule has 1 aliphatic rings. The fraction of sp³-hybridized carbons (Fsp3) is 0.400. The summed E-state index contributed by atoms with van der Waals surface area (Å²) in [7, 11) is 1.81. The van der Waals surface area contributed by atoms with Gasteiger partial charge < -0.3 is 15.1 Å². The molecule has 0 atom stereocenters. The number of fused-ring (bicyclic) bond motifs is 1. The second-order valence-corrected chi connectivity index (χ2v) is 6.00. The average molecular weight is 341 g/mol. The van der Waals surface area contributed by atoms with Crippen LogP contribution in [-0.4, -0.2) is 66.5 Å². The molecule has 10 nitrogen and oxygen atoms in total. The van der Waals surface area contributed by atoms with Crippen molar-refractivity contribution in [3.63, 3.8) is 0 Å². The van der Waals surface area contributed by atoms with Gasteiger partial charge in [0.25, 0.3) is 0 Å².